The molecule has 2 aromatic rings. The molecule has 0 saturated carbocycles. The van der Waals surface area contributed by atoms with Crippen LogP contribution in [0.2, 0.25) is 0 Å². The van der Waals surface area contributed by atoms with Crippen molar-refractivity contribution >= 4 is 21.7 Å². The number of carbonyl (C=O) groups excluding carboxylic acids is 1. The van der Waals surface area contributed by atoms with Gasteiger partial charge in [0.05, 0.1) is 6.04 Å². The van der Waals surface area contributed by atoms with E-state index in [1.807, 2.05) is 69.3 Å². The lowest BCUT2D eigenvalue weighted by Gasteiger charge is -2.35. The van der Waals surface area contributed by atoms with Gasteiger partial charge in [0.2, 0.25) is 0 Å². The average Bonchev–Trinajstić information content (AvgIpc) is 2.52. The summed E-state index contributed by atoms with van der Waals surface area (Å²) in [5, 5.41) is 14.1. The highest BCUT2D eigenvalue weighted by Gasteiger charge is 2.31. The molecular weight excluding hydrogens is 366 g/mol. The second kappa shape index (κ2) is 7.60. The molecule has 2 aromatic carbocycles. The Hall–Kier alpha value is -1.49. The number of hydroxylamine groups is 2. The van der Waals surface area contributed by atoms with Crippen LogP contribution in [0.25, 0.3) is 0 Å². The van der Waals surface area contributed by atoms with Crippen LogP contribution in [0.4, 0.5) is 0 Å². The Bertz CT molecular complexity index is 704. The maximum absolute atomic E-state index is 13.0. The fraction of sp³-hybridized carbons (Fsp3) is 0.350. The van der Waals surface area contributed by atoms with E-state index in [9.17, 15) is 10.0 Å². The lowest BCUT2D eigenvalue weighted by molar-refractivity contribution is -0.241. The molecule has 3 nitrogen and oxygen atoms in total. The smallest absolute Gasteiger partial charge is 0.160 e. The van der Waals surface area contributed by atoms with E-state index >= 15 is 0 Å². The van der Waals surface area contributed by atoms with E-state index in [2.05, 4.69) is 15.9 Å². The Morgan fingerprint density at radius 3 is 2.21 bits per heavy atom. The second-order valence-corrected chi connectivity index (χ2v) is 7.90. The van der Waals surface area contributed by atoms with E-state index < -0.39 is 5.54 Å². The van der Waals surface area contributed by atoms with Crippen molar-refractivity contribution in [2.75, 3.05) is 0 Å². The molecule has 0 heterocycles. The van der Waals surface area contributed by atoms with Gasteiger partial charge < -0.3 is 0 Å². The first-order valence-corrected chi connectivity index (χ1v) is 8.80. The largest absolute Gasteiger partial charge is 0.295 e. The highest BCUT2D eigenvalue weighted by atomic mass is 79.9. The summed E-state index contributed by atoms with van der Waals surface area (Å²) in [5.74, 6) is 0.0216. The minimum Gasteiger partial charge on any atom is -0.295 e. The quantitative estimate of drug-likeness (QED) is 0.509. The number of nitrogens with zero attached hydrogens (tertiary/aromatic N) is 1. The number of halogens is 1. The van der Waals surface area contributed by atoms with Gasteiger partial charge in [-0.1, -0.05) is 52.3 Å². The summed E-state index contributed by atoms with van der Waals surface area (Å²) in [4.78, 5) is 11.9. The summed E-state index contributed by atoms with van der Waals surface area (Å²) < 4.78 is 0.974. The van der Waals surface area contributed by atoms with Gasteiger partial charge in [-0.2, -0.15) is 0 Å². The molecule has 0 spiro atoms. The van der Waals surface area contributed by atoms with Crippen molar-refractivity contribution in [1.82, 2.24) is 5.06 Å². The Morgan fingerprint density at radius 1 is 1.08 bits per heavy atom. The van der Waals surface area contributed by atoms with Gasteiger partial charge in [-0.25, -0.2) is 0 Å². The molecule has 0 fully saturated rings. The van der Waals surface area contributed by atoms with Gasteiger partial charge in [-0.3, -0.25) is 4.79 Å². The Morgan fingerprint density at radius 2 is 1.67 bits per heavy atom. The highest BCUT2D eigenvalue weighted by Crippen LogP contribution is 2.31. The van der Waals surface area contributed by atoms with Crippen molar-refractivity contribution in [3.05, 3.63) is 69.7 Å². The van der Waals surface area contributed by atoms with Crippen LogP contribution in [0.5, 0.6) is 0 Å². The third-order valence-electron chi connectivity index (χ3n) is 4.01. The van der Waals surface area contributed by atoms with Crippen molar-refractivity contribution in [2.45, 2.75) is 45.7 Å². The number of hydrogen-bond acceptors (Lipinski definition) is 2. The minimum atomic E-state index is -0.525. The van der Waals surface area contributed by atoms with E-state index in [1.54, 1.807) is 6.92 Å². The molecule has 1 radical (unpaired) electrons. The predicted octanol–water partition coefficient (Wildman–Crippen LogP) is 5.38. The molecule has 4 heteroatoms. The van der Waals surface area contributed by atoms with Gasteiger partial charge in [0, 0.05) is 15.6 Å². The first-order valence-electron chi connectivity index (χ1n) is 8.01. The molecule has 24 heavy (non-hydrogen) atoms. The van der Waals surface area contributed by atoms with E-state index in [-0.39, 0.29) is 11.8 Å². The standard InChI is InChI=1S/C20H23BrNO2/c1-14(23)18-8-6-5-7-16(18)13-19(22(24)20(2,3)4)15-9-11-17(21)12-10-15/h5-12,19H,13H2,1-4H3. The number of benzene rings is 2. The summed E-state index contributed by atoms with van der Waals surface area (Å²) >= 11 is 3.43. The van der Waals surface area contributed by atoms with Crippen molar-refractivity contribution in [1.29, 1.82) is 0 Å². The number of rotatable bonds is 5. The predicted molar refractivity (Wildman–Crippen MR) is 99.3 cm³/mol. The van der Waals surface area contributed by atoms with E-state index in [0.717, 1.165) is 20.7 Å². The molecule has 2 rings (SSSR count). The SMILES string of the molecule is CC(=O)c1ccccc1CC(c1ccc(Br)cc1)N([O])C(C)(C)C. The minimum absolute atomic E-state index is 0.0216. The summed E-state index contributed by atoms with van der Waals surface area (Å²) in [6.07, 6.45) is 0.498. The number of hydrogen-bond donors (Lipinski definition) is 0. The van der Waals surface area contributed by atoms with Gasteiger partial charge in [0.15, 0.2) is 5.78 Å². The summed E-state index contributed by atoms with van der Waals surface area (Å²) in [6.45, 7) is 7.28. The molecule has 0 saturated heterocycles. The molecule has 1 atom stereocenters. The Labute approximate surface area is 152 Å². The summed E-state index contributed by atoms with van der Waals surface area (Å²) in [5.41, 5.74) is 2.01. The third-order valence-corrected chi connectivity index (χ3v) is 4.54. The summed E-state index contributed by atoms with van der Waals surface area (Å²) in [6, 6.07) is 15.0. The van der Waals surface area contributed by atoms with E-state index in [0.29, 0.717) is 12.0 Å². The number of carbonyl (C=O) groups is 1. The molecule has 0 N–H and O–H groups in total. The lowest BCUT2D eigenvalue weighted by atomic mass is 9.92. The zero-order valence-corrected chi connectivity index (χ0v) is 16.1. The lowest BCUT2D eigenvalue weighted by Crippen LogP contribution is -2.41. The van der Waals surface area contributed by atoms with Crippen LogP contribution in [0, 0.1) is 0 Å². The second-order valence-electron chi connectivity index (χ2n) is 6.98. The van der Waals surface area contributed by atoms with E-state index in [1.165, 1.54) is 0 Å². The Kier molecular flexibility index (Phi) is 5.97. The van der Waals surface area contributed by atoms with Crippen LogP contribution in [0.15, 0.2) is 53.0 Å². The molecule has 127 valence electrons. The van der Waals surface area contributed by atoms with E-state index in [4.69, 9.17) is 0 Å². The van der Waals surface area contributed by atoms with Crippen LogP contribution in [-0.2, 0) is 11.6 Å². The third kappa shape index (κ3) is 4.53. The molecule has 0 amide bonds. The van der Waals surface area contributed by atoms with Crippen molar-refractivity contribution in [3.63, 3.8) is 0 Å². The molecular formula is C20H23BrNO2. The molecule has 0 bridgehead atoms. The normalized spacial score (nSPS) is 13.1. The maximum Gasteiger partial charge on any atom is 0.160 e. The fourth-order valence-electron chi connectivity index (χ4n) is 2.74. The van der Waals surface area contributed by atoms with Crippen molar-refractivity contribution in [2.24, 2.45) is 0 Å². The van der Waals surface area contributed by atoms with Crippen LogP contribution >= 0.6 is 15.9 Å². The highest BCUT2D eigenvalue weighted by molar-refractivity contribution is 9.10. The van der Waals surface area contributed by atoms with Gasteiger partial charge >= 0.3 is 0 Å². The molecule has 0 aromatic heterocycles. The van der Waals surface area contributed by atoms with Gasteiger partial charge in [0.1, 0.15) is 0 Å². The average molecular weight is 389 g/mol. The topological polar surface area (TPSA) is 40.2 Å². The first kappa shape index (κ1) is 18.8. The van der Waals surface area contributed by atoms with Gasteiger partial charge in [-0.15, -0.1) is 10.3 Å². The fourth-order valence-corrected chi connectivity index (χ4v) is 3.00. The van der Waals surface area contributed by atoms with Gasteiger partial charge in [-0.05, 0) is 57.4 Å². The maximum atomic E-state index is 13.0. The van der Waals surface area contributed by atoms with Crippen LogP contribution < -0.4 is 0 Å². The van der Waals surface area contributed by atoms with Crippen molar-refractivity contribution < 1.29 is 10.0 Å². The molecule has 0 aliphatic rings. The number of ketones is 1. The summed E-state index contributed by atoms with van der Waals surface area (Å²) in [7, 11) is 0. The van der Waals surface area contributed by atoms with Crippen LogP contribution in [0.3, 0.4) is 0 Å². The molecule has 0 aliphatic heterocycles. The monoisotopic (exact) mass is 388 g/mol. The van der Waals surface area contributed by atoms with Gasteiger partial charge in [0.25, 0.3) is 0 Å². The zero-order chi connectivity index (χ0) is 17.9. The Balaban J connectivity index is 2.44. The number of Topliss-reactive ketones (excluding diaryl/α,β-unsaturated/α-hetero) is 1. The van der Waals surface area contributed by atoms with Crippen LogP contribution in [-0.4, -0.2) is 16.4 Å². The van der Waals surface area contributed by atoms with Crippen molar-refractivity contribution in [3.8, 4) is 0 Å². The first-order chi connectivity index (χ1) is 11.2. The zero-order valence-electron chi connectivity index (χ0n) is 14.5. The molecule has 0 aliphatic carbocycles. The van der Waals surface area contributed by atoms with Crippen LogP contribution in [0.1, 0.15) is 55.2 Å². The molecule has 1 unspecified atom stereocenters.